The fraction of sp³-hybridized carbons (Fsp3) is 0.250. The second-order valence-corrected chi connectivity index (χ2v) is 14.8. The lowest BCUT2D eigenvalue weighted by atomic mass is 9.91. The lowest BCUT2D eigenvalue weighted by molar-refractivity contribution is -0.125. The number of aromatic nitrogens is 4. The van der Waals surface area contributed by atoms with E-state index in [2.05, 4.69) is 31.7 Å². The van der Waals surface area contributed by atoms with Crippen LogP contribution in [0.1, 0.15) is 59.9 Å². The number of halogens is 2. The Morgan fingerprint density at radius 3 is 2.30 bits per heavy atom. The molecule has 2 aliphatic carbocycles. The van der Waals surface area contributed by atoms with Gasteiger partial charge in [-0.25, -0.2) is 14.9 Å². The predicted octanol–water partition coefficient (Wildman–Crippen LogP) is 6.28. The Bertz CT molecular complexity index is 2200. The van der Waals surface area contributed by atoms with Gasteiger partial charge in [-0.15, -0.1) is 11.3 Å². The van der Waals surface area contributed by atoms with Crippen LogP contribution in [0.2, 0.25) is 10.0 Å². The van der Waals surface area contributed by atoms with Gasteiger partial charge in [0.15, 0.2) is 0 Å². The van der Waals surface area contributed by atoms with Crippen LogP contribution in [0.3, 0.4) is 0 Å². The molecule has 11 nitrogen and oxygen atoms in total. The molecule has 250 valence electrons. The van der Waals surface area contributed by atoms with Crippen LogP contribution in [0.4, 0.5) is 11.6 Å². The number of carbonyl (C=O) groups excluding carboxylic acids is 3. The van der Waals surface area contributed by atoms with E-state index in [1.54, 1.807) is 65.7 Å². The molecule has 2 aromatic carbocycles. The molecule has 50 heavy (non-hydrogen) atoms. The monoisotopic (exact) mass is 722 g/mol. The van der Waals surface area contributed by atoms with E-state index in [1.807, 2.05) is 17.5 Å². The highest BCUT2D eigenvalue weighted by Gasteiger charge is 2.57. The summed E-state index contributed by atoms with van der Waals surface area (Å²) in [5, 5.41) is 18.1. The molecule has 2 saturated carbocycles. The number of anilines is 2. The van der Waals surface area contributed by atoms with E-state index >= 15 is 0 Å². The first-order valence-electron chi connectivity index (χ1n) is 15.9. The average molecular weight is 724 g/mol. The van der Waals surface area contributed by atoms with Gasteiger partial charge in [0.1, 0.15) is 16.8 Å². The van der Waals surface area contributed by atoms with Crippen molar-refractivity contribution in [3.05, 3.63) is 110 Å². The number of fused-ring (bicyclic) bond motifs is 1. The first kappa shape index (κ1) is 32.1. The summed E-state index contributed by atoms with van der Waals surface area (Å²) >= 11 is 14.2. The zero-order valence-corrected chi connectivity index (χ0v) is 28.9. The summed E-state index contributed by atoms with van der Waals surface area (Å²) in [4.78, 5) is 57.3. The van der Waals surface area contributed by atoms with Gasteiger partial charge in [0.05, 0.1) is 46.0 Å². The van der Waals surface area contributed by atoms with Gasteiger partial charge in [-0.2, -0.15) is 5.26 Å². The molecule has 4 heterocycles. The average Bonchev–Trinajstić information content (AvgIpc) is 3.90. The first-order chi connectivity index (χ1) is 24.0. The quantitative estimate of drug-likeness (QED) is 0.182. The number of pyridine rings is 1. The molecular weight excluding hydrogens is 695 g/mol. The third-order valence-corrected chi connectivity index (χ3v) is 10.7. The number of imidazole rings is 1. The maximum absolute atomic E-state index is 14.4. The molecule has 3 aromatic heterocycles. The van der Waals surface area contributed by atoms with Crippen LogP contribution < -0.4 is 15.5 Å². The molecule has 0 bridgehead atoms. The van der Waals surface area contributed by atoms with Crippen LogP contribution in [0, 0.1) is 11.3 Å². The number of hydrogen-bond acceptors (Lipinski definition) is 8. The van der Waals surface area contributed by atoms with E-state index in [-0.39, 0.29) is 29.9 Å². The number of benzene rings is 2. The zero-order chi connectivity index (χ0) is 34.8. The largest absolute Gasteiger partial charge is 0.343 e. The third-order valence-electron chi connectivity index (χ3n) is 9.69. The van der Waals surface area contributed by atoms with E-state index in [1.165, 1.54) is 22.4 Å². The van der Waals surface area contributed by atoms with E-state index in [0.29, 0.717) is 34.1 Å². The molecule has 0 unspecified atom stereocenters. The summed E-state index contributed by atoms with van der Waals surface area (Å²) in [6.45, 7) is 1.74. The van der Waals surface area contributed by atoms with Crippen molar-refractivity contribution in [2.24, 2.45) is 0 Å². The molecule has 0 saturated heterocycles. The van der Waals surface area contributed by atoms with Crippen molar-refractivity contribution in [1.29, 1.82) is 5.26 Å². The van der Waals surface area contributed by atoms with Gasteiger partial charge in [-0.1, -0.05) is 35.3 Å². The third kappa shape index (κ3) is 5.42. The van der Waals surface area contributed by atoms with E-state index in [4.69, 9.17) is 23.2 Å². The summed E-state index contributed by atoms with van der Waals surface area (Å²) < 4.78 is 1.61. The van der Waals surface area contributed by atoms with Crippen LogP contribution >= 0.6 is 34.5 Å². The van der Waals surface area contributed by atoms with Crippen molar-refractivity contribution < 1.29 is 14.4 Å². The summed E-state index contributed by atoms with van der Waals surface area (Å²) in [7, 11) is 0. The minimum atomic E-state index is -1.31. The number of thiazole rings is 1. The van der Waals surface area contributed by atoms with Gasteiger partial charge < -0.3 is 10.6 Å². The van der Waals surface area contributed by atoms with Crippen molar-refractivity contribution in [2.45, 2.75) is 55.6 Å². The second-order valence-electron chi connectivity index (χ2n) is 13.2. The van der Waals surface area contributed by atoms with Crippen molar-refractivity contribution >= 4 is 63.9 Å². The topological polar surface area (TPSA) is 146 Å². The maximum Gasteiger partial charge on any atom is 0.270 e. The standard InChI is InChI=1S/C36H28Cl2N8O3S/c1-34(15-21-2-4-22(16-39)5-3-21)32(49)45(26-13-24(37)12-25(38)14-26)33-41-18-28(46(33)34)30(47)43-36(10-11-36)31(48)44-35(8-9-35)29-7-6-23(17-40-29)27-19-50-20-42-27/h2-7,12-14,17-20H,8-11,15H2,1H3,(H,43,47)(H,44,48)/t34-/m1/s1. The normalized spacial score (nSPS) is 19.4. The molecule has 8 rings (SSSR count). The van der Waals surface area contributed by atoms with Crippen LogP contribution in [0.25, 0.3) is 11.3 Å². The van der Waals surface area contributed by atoms with Gasteiger partial charge in [-0.05, 0) is 80.6 Å². The molecule has 2 fully saturated rings. The molecule has 14 heteroatoms. The van der Waals surface area contributed by atoms with Crippen molar-refractivity contribution in [3.63, 3.8) is 0 Å². The van der Waals surface area contributed by atoms with Gasteiger partial charge >= 0.3 is 0 Å². The summed E-state index contributed by atoms with van der Waals surface area (Å²) in [6.07, 6.45) is 5.77. The van der Waals surface area contributed by atoms with Crippen LogP contribution in [0.5, 0.6) is 0 Å². The number of nitrogens with zero attached hydrogens (tertiary/aromatic N) is 6. The molecule has 1 aliphatic heterocycles. The fourth-order valence-corrected chi connectivity index (χ4v) is 7.71. The first-order valence-corrected chi connectivity index (χ1v) is 17.6. The highest BCUT2D eigenvalue weighted by Crippen LogP contribution is 2.48. The van der Waals surface area contributed by atoms with Crippen LogP contribution in [-0.2, 0) is 27.1 Å². The number of amides is 3. The summed E-state index contributed by atoms with van der Waals surface area (Å²) in [5.41, 5.74) is 3.06. The Balaban J connectivity index is 1.08. The highest BCUT2D eigenvalue weighted by atomic mass is 35.5. The minimum absolute atomic E-state index is 0.125. The Hall–Kier alpha value is -5.09. The predicted molar refractivity (Wildman–Crippen MR) is 188 cm³/mol. The molecule has 0 radical (unpaired) electrons. The SMILES string of the molecule is C[C@@]1(Cc2ccc(C#N)cc2)C(=O)N(c2cc(Cl)cc(Cl)c2)c2ncc(C(=O)NC3(C(=O)NC4(c5ccc(-c6cscn6)cn5)CC4)CC3)n21. The van der Waals surface area contributed by atoms with Crippen LogP contribution in [0.15, 0.2) is 77.9 Å². The number of carbonyl (C=O) groups is 3. The lowest BCUT2D eigenvalue weighted by Crippen LogP contribution is -2.52. The Morgan fingerprint density at radius 1 is 0.960 bits per heavy atom. The number of rotatable bonds is 9. The molecule has 3 amide bonds. The maximum atomic E-state index is 14.4. The molecule has 5 aromatic rings. The number of nitriles is 1. The van der Waals surface area contributed by atoms with Gasteiger partial charge in [0, 0.05) is 33.6 Å². The zero-order valence-electron chi connectivity index (χ0n) is 26.6. The van der Waals surface area contributed by atoms with Gasteiger partial charge in [-0.3, -0.25) is 23.9 Å². The Labute approximate surface area is 300 Å². The molecular formula is C36H28Cl2N8O3S. The van der Waals surface area contributed by atoms with Gasteiger partial charge in [0.25, 0.3) is 11.8 Å². The fourth-order valence-electron chi connectivity index (χ4n) is 6.63. The van der Waals surface area contributed by atoms with Gasteiger partial charge in [0.2, 0.25) is 11.9 Å². The van der Waals surface area contributed by atoms with Crippen molar-refractivity contribution in [3.8, 4) is 17.3 Å². The number of nitrogens with one attached hydrogen (secondary N) is 2. The molecule has 2 N–H and O–H groups in total. The highest BCUT2D eigenvalue weighted by molar-refractivity contribution is 7.07. The summed E-state index contributed by atoms with van der Waals surface area (Å²) in [5.74, 6) is -0.938. The van der Waals surface area contributed by atoms with E-state index < -0.39 is 22.5 Å². The van der Waals surface area contributed by atoms with Crippen molar-refractivity contribution in [1.82, 2.24) is 30.2 Å². The lowest BCUT2D eigenvalue weighted by Gasteiger charge is -2.27. The number of hydrogen-bond donors (Lipinski definition) is 2. The molecule has 3 aliphatic rings. The van der Waals surface area contributed by atoms with Crippen molar-refractivity contribution in [2.75, 3.05) is 4.90 Å². The van der Waals surface area contributed by atoms with Crippen LogP contribution in [-0.4, -0.2) is 42.8 Å². The van der Waals surface area contributed by atoms with E-state index in [9.17, 15) is 19.6 Å². The molecule has 1 atom stereocenters. The molecule has 0 spiro atoms. The summed E-state index contributed by atoms with van der Waals surface area (Å²) in [6, 6.07) is 17.7. The minimum Gasteiger partial charge on any atom is -0.343 e. The van der Waals surface area contributed by atoms with E-state index in [0.717, 1.165) is 35.4 Å². The smallest absolute Gasteiger partial charge is 0.270 e. The Morgan fingerprint density at radius 2 is 1.70 bits per heavy atom. The Kier molecular flexibility index (Phi) is 7.56. The second kappa shape index (κ2) is 11.8.